The molecule has 5 nitrogen and oxygen atoms in total. The summed E-state index contributed by atoms with van der Waals surface area (Å²) in [6.45, 7) is 6.32. The second-order valence-electron chi connectivity index (χ2n) is 8.66. The number of methoxy groups -OCH3 is 1. The van der Waals surface area contributed by atoms with Gasteiger partial charge in [0, 0.05) is 24.5 Å². The summed E-state index contributed by atoms with van der Waals surface area (Å²) < 4.78 is 4.66. The predicted molar refractivity (Wildman–Crippen MR) is 106 cm³/mol. The predicted octanol–water partition coefficient (Wildman–Crippen LogP) is 3.79. The monoisotopic (exact) mass is 372 g/mol. The summed E-state index contributed by atoms with van der Waals surface area (Å²) in [5.41, 5.74) is 3.81. The van der Waals surface area contributed by atoms with Gasteiger partial charge in [0.25, 0.3) is 0 Å². The van der Waals surface area contributed by atoms with E-state index in [9.17, 15) is 9.59 Å². The van der Waals surface area contributed by atoms with E-state index in [1.807, 2.05) is 18.9 Å². The van der Waals surface area contributed by atoms with Crippen molar-refractivity contribution in [2.24, 2.45) is 5.92 Å². The molecule has 1 aromatic carbocycles. The highest BCUT2D eigenvalue weighted by molar-refractivity contribution is 5.81. The van der Waals surface area contributed by atoms with Crippen LogP contribution in [0.4, 0.5) is 4.79 Å². The zero-order chi connectivity index (χ0) is 19.8. The van der Waals surface area contributed by atoms with Gasteiger partial charge in [0.1, 0.15) is 0 Å². The fraction of sp³-hybridized carbons (Fsp3) is 0.636. The van der Waals surface area contributed by atoms with Gasteiger partial charge in [0.05, 0.1) is 7.11 Å². The van der Waals surface area contributed by atoms with Gasteiger partial charge in [-0.15, -0.1) is 0 Å². The Morgan fingerprint density at radius 2 is 1.93 bits per heavy atom. The first-order valence-electron chi connectivity index (χ1n) is 9.98. The van der Waals surface area contributed by atoms with Crippen molar-refractivity contribution in [1.29, 1.82) is 0 Å². The number of aryl methyl sites for hydroxylation is 2. The summed E-state index contributed by atoms with van der Waals surface area (Å²) in [5.74, 6) is 0.769. The van der Waals surface area contributed by atoms with Gasteiger partial charge >= 0.3 is 6.09 Å². The van der Waals surface area contributed by atoms with Gasteiger partial charge < -0.3 is 15.0 Å². The van der Waals surface area contributed by atoms with Crippen molar-refractivity contribution in [3.8, 4) is 0 Å². The van der Waals surface area contributed by atoms with Crippen molar-refractivity contribution in [3.63, 3.8) is 0 Å². The number of carbonyl (C=O) groups is 2. The molecular weight excluding hydrogens is 340 g/mol. The van der Waals surface area contributed by atoms with Crippen LogP contribution in [0.5, 0.6) is 0 Å². The average molecular weight is 373 g/mol. The topological polar surface area (TPSA) is 58.6 Å². The molecule has 0 saturated heterocycles. The molecule has 2 aliphatic carbocycles. The number of nitrogens with one attached hydrogen (secondary N) is 1. The van der Waals surface area contributed by atoms with Crippen LogP contribution in [0.1, 0.15) is 62.1 Å². The Morgan fingerprint density at radius 1 is 1.26 bits per heavy atom. The van der Waals surface area contributed by atoms with Crippen LogP contribution in [0.2, 0.25) is 0 Å². The van der Waals surface area contributed by atoms with Crippen LogP contribution in [0.25, 0.3) is 0 Å². The van der Waals surface area contributed by atoms with Crippen LogP contribution in [0, 0.1) is 12.8 Å². The molecule has 0 unspecified atom stereocenters. The molecule has 27 heavy (non-hydrogen) atoms. The molecular formula is C22H32N2O3. The van der Waals surface area contributed by atoms with Gasteiger partial charge in [-0.1, -0.05) is 30.7 Å². The average Bonchev–Trinajstić information content (AvgIpc) is 2.56. The number of ether oxygens (including phenoxy) is 1. The number of amides is 2. The summed E-state index contributed by atoms with van der Waals surface area (Å²) in [7, 11) is 3.29. The fourth-order valence-corrected chi connectivity index (χ4v) is 4.58. The lowest BCUT2D eigenvalue weighted by Crippen LogP contribution is -2.59. The maximum atomic E-state index is 12.8. The van der Waals surface area contributed by atoms with Gasteiger partial charge in [-0.25, -0.2) is 4.79 Å². The maximum Gasteiger partial charge on any atom is 0.407 e. The van der Waals surface area contributed by atoms with E-state index in [2.05, 4.69) is 42.1 Å². The molecule has 0 radical (unpaired) electrons. The van der Waals surface area contributed by atoms with E-state index < -0.39 is 6.09 Å². The summed E-state index contributed by atoms with van der Waals surface area (Å²) >= 11 is 0. The summed E-state index contributed by atoms with van der Waals surface area (Å²) in [4.78, 5) is 26.1. The van der Waals surface area contributed by atoms with Crippen molar-refractivity contribution in [3.05, 3.63) is 34.9 Å². The molecule has 0 spiro atoms. The van der Waals surface area contributed by atoms with Crippen molar-refractivity contribution in [1.82, 2.24) is 10.2 Å². The number of benzene rings is 1. The number of nitrogens with zero attached hydrogens (tertiary/aromatic N) is 1. The zero-order valence-electron chi connectivity index (χ0n) is 17.2. The van der Waals surface area contributed by atoms with E-state index in [4.69, 9.17) is 0 Å². The Labute approximate surface area is 162 Å². The lowest BCUT2D eigenvalue weighted by Gasteiger charge is -2.48. The molecule has 2 amide bonds. The standard InChI is InChI=1S/C22H32N2O3/c1-6-15-7-14(2)8-16(9-15)17-10-19(11-17)24(4)20(25)18-12-22(3,13-18)23-21(26)27-5/h7-9,17-19H,6,10-13H2,1-5H3,(H,23,26). The minimum atomic E-state index is -0.428. The van der Waals surface area contributed by atoms with Crippen molar-refractivity contribution >= 4 is 12.0 Å². The van der Waals surface area contributed by atoms with Crippen molar-refractivity contribution in [2.45, 2.75) is 70.4 Å². The van der Waals surface area contributed by atoms with Gasteiger partial charge in [-0.05, 0) is 63.0 Å². The first-order chi connectivity index (χ1) is 12.7. The Balaban J connectivity index is 1.51. The quantitative estimate of drug-likeness (QED) is 0.855. The van der Waals surface area contributed by atoms with Crippen LogP contribution in [0.15, 0.2) is 18.2 Å². The lowest BCUT2D eigenvalue weighted by molar-refractivity contribution is -0.143. The minimum absolute atomic E-state index is 0.00173. The Kier molecular flexibility index (Phi) is 5.50. The number of alkyl carbamates (subject to hydrolysis) is 1. The minimum Gasteiger partial charge on any atom is -0.453 e. The fourth-order valence-electron chi connectivity index (χ4n) is 4.58. The highest BCUT2D eigenvalue weighted by Gasteiger charge is 2.47. The second kappa shape index (κ2) is 7.53. The van der Waals surface area contributed by atoms with E-state index >= 15 is 0 Å². The molecule has 0 aromatic heterocycles. The normalized spacial score (nSPS) is 29.3. The van der Waals surface area contributed by atoms with Crippen LogP contribution in [0.3, 0.4) is 0 Å². The Morgan fingerprint density at radius 3 is 2.52 bits per heavy atom. The highest BCUT2D eigenvalue weighted by Crippen LogP contribution is 2.43. The highest BCUT2D eigenvalue weighted by atomic mass is 16.5. The third kappa shape index (κ3) is 4.12. The van der Waals surface area contributed by atoms with E-state index in [1.165, 1.54) is 23.8 Å². The molecule has 3 rings (SSSR count). The van der Waals surface area contributed by atoms with Gasteiger partial charge in [-0.2, -0.15) is 0 Å². The van der Waals surface area contributed by atoms with Crippen LogP contribution in [-0.4, -0.2) is 42.6 Å². The smallest absolute Gasteiger partial charge is 0.407 e. The van der Waals surface area contributed by atoms with E-state index in [0.29, 0.717) is 24.8 Å². The van der Waals surface area contributed by atoms with Crippen molar-refractivity contribution < 1.29 is 14.3 Å². The van der Waals surface area contributed by atoms with Crippen LogP contribution < -0.4 is 5.32 Å². The molecule has 5 heteroatoms. The molecule has 2 aliphatic rings. The van der Waals surface area contributed by atoms with Gasteiger partial charge in [0.15, 0.2) is 0 Å². The molecule has 2 saturated carbocycles. The molecule has 148 valence electrons. The van der Waals surface area contributed by atoms with Crippen LogP contribution in [-0.2, 0) is 16.0 Å². The summed E-state index contributed by atoms with van der Waals surface area (Å²) in [6.07, 6.45) is 4.07. The molecule has 0 atom stereocenters. The molecule has 0 bridgehead atoms. The SMILES string of the molecule is CCc1cc(C)cc(C2CC(N(C)C(=O)C3CC(C)(NC(=O)OC)C3)C2)c1. The molecule has 0 heterocycles. The Hall–Kier alpha value is -2.04. The third-order valence-corrected chi connectivity index (χ3v) is 6.38. The first kappa shape index (κ1) is 19.7. The lowest BCUT2D eigenvalue weighted by atomic mass is 9.68. The van der Waals surface area contributed by atoms with E-state index in [-0.39, 0.29) is 17.4 Å². The summed E-state index contributed by atoms with van der Waals surface area (Å²) in [5, 5.41) is 2.84. The molecule has 2 fully saturated rings. The third-order valence-electron chi connectivity index (χ3n) is 6.38. The zero-order valence-corrected chi connectivity index (χ0v) is 17.2. The molecule has 1 N–H and O–H groups in total. The largest absolute Gasteiger partial charge is 0.453 e. The maximum absolute atomic E-state index is 12.8. The number of hydrogen-bond donors (Lipinski definition) is 1. The number of carbonyl (C=O) groups excluding carboxylic acids is 2. The van der Waals surface area contributed by atoms with E-state index in [1.54, 1.807) is 0 Å². The van der Waals surface area contributed by atoms with Gasteiger partial charge in [0.2, 0.25) is 5.91 Å². The van der Waals surface area contributed by atoms with Crippen LogP contribution >= 0.6 is 0 Å². The molecule has 1 aromatic rings. The molecule has 0 aliphatic heterocycles. The van der Waals surface area contributed by atoms with Gasteiger partial charge in [-0.3, -0.25) is 4.79 Å². The van der Waals surface area contributed by atoms with Crippen molar-refractivity contribution in [2.75, 3.05) is 14.2 Å². The number of rotatable bonds is 5. The first-order valence-corrected chi connectivity index (χ1v) is 9.98. The Bertz CT molecular complexity index is 718. The number of hydrogen-bond acceptors (Lipinski definition) is 3. The second-order valence-corrected chi connectivity index (χ2v) is 8.66. The summed E-state index contributed by atoms with van der Waals surface area (Å²) in [6, 6.07) is 7.20. The van der Waals surface area contributed by atoms with E-state index in [0.717, 1.165) is 19.3 Å².